The number of hydrogen-bond donors (Lipinski definition) is 1. The SMILES string of the molecule is COc1cc(C(=O)O)cc(Cl)c1OCCN1CCCC1. The minimum Gasteiger partial charge on any atom is -0.493 e. The second-order valence-corrected chi connectivity index (χ2v) is 5.10. The van der Waals surface area contributed by atoms with Crippen LogP contribution < -0.4 is 9.47 Å². The molecule has 0 radical (unpaired) electrons. The molecule has 1 N–H and O–H groups in total. The second kappa shape index (κ2) is 6.81. The Morgan fingerprint density at radius 3 is 2.70 bits per heavy atom. The monoisotopic (exact) mass is 299 g/mol. The Labute approximate surface area is 123 Å². The van der Waals surface area contributed by atoms with E-state index in [4.69, 9.17) is 26.2 Å². The van der Waals surface area contributed by atoms with Gasteiger partial charge in [-0.25, -0.2) is 4.79 Å². The Bertz CT molecular complexity index is 486. The van der Waals surface area contributed by atoms with Gasteiger partial charge in [0, 0.05) is 6.54 Å². The number of benzene rings is 1. The molecule has 1 heterocycles. The third-order valence-electron chi connectivity index (χ3n) is 3.33. The zero-order valence-corrected chi connectivity index (χ0v) is 12.2. The number of aromatic carboxylic acids is 1. The molecule has 0 bridgehead atoms. The summed E-state index contributed by atoms with van der Waals surface area (Å²) in [7, 11) is 1.46. The minimum atomic E-state index is -1.05. The van der Waals surface area contributed by atoms with E-state index in [1.165, 1.54) is 32.1 Å². The second-order valence-electron chi connectivity index (χ2n) is 4.69. The minimum absolute atomic E-state index is 0.0822. The van der Waals surface area contributed by atoms with Crippen molar-refractivity contribution in [3.63, 3.8) is 0 Å². The molecule has 0 atom stereocenters. The lowest BCUT2D eigenvalue weighted by atomic mass is 10.2. The highest BCUT2D eigenvalue weighted by molar-refractivity contribution is 6.32. The van der Waals surface area contributed by atoms with Crippen LogP contribution in [0.5, 0.6) is 11.5 Å². The molecule has 20 heavy (non-hydrogen) atoms. The van der Waals surface area contributed by atoms with Gasteiger partial charge in [0.1, 0.15) is 6.61 Å². The molecule has 1 aliphatic rings. The third-order valence-corrected chi connectivity index (χ3v) is 3.61. The highest BCUT2D eigenvalue weighted by atomic mass is 35.5. The van der Waals surface area contributed by atoms with E-state index in [1.807, 2.05) is 0 Å². The summed E-state index contributed by atoms with van der Waals surface area (Å²) in [4.78, 5) is 13.3. The molecule has 1 fully saturated rings. The summed E-state index contributed by atoms with van der Waals surface area (Å²) in [6.45, 7) is 3.54. The standard InChI is InChI=1S/C14H18ClNO4/c1-19-12-9-10(14(17)18)8-11(15)13(12)20-7-6-16-4-2-3-5-16/h8-9H,2-7H2,1H3,(H,17,18). The molecule has 0 saturated carbocycles. The molecule has 1 aromatic rings. The number of carboxylic acids is 1. The van der Waals surface area contributed by atoms with Crippen LogP contribution in [0.1, 0.15) is 23.2 Å². The highest BCUT2D eigenvalue weighted by Gasteiger charge is 2.16. The average molecular weight is 300 g/mol. The van der Waals surface area contributed by atoms with E-state index in [0.29, 0.717) is 18.1 Å². The normalized spacial score (nSPS) is 15.3. The van der Waals surface area contributed by atoms with E-state index in [1.54, 1.807) is 0 Å². The summed E-state index contributed by atoms with van der Waals surface area (Å²) < 4.78 is 10.8. The fourth-order valence-electron chi connectivity index (χ4n) is 2.27. The van der Waals surface area contributed by atoms with Gasteiger partial charge >= 0.3 is 5.97 Å². The summed E-state index contributed by atoms with van der Waals surface area (Å²) >= 11 is 6.07. The van der Waals surface area contributed by atoms with Crippen LogP contribution in [0.4, 0.5) is 0 Å². The molecule has 1 aromatic carbocycles. The molecule has 0 aromatic heterocycles. The van der Waals surface area contributed by atoms with Gasteiger partial charge in [0.25, 0.3) is 0 Å². The molecule has 1 aliphatic heterocycles. The van der Waals surface area contributed by atoms with Gasteiger partial charge in [0.05, 0.1) is 17.7 Å². The van der Waals surface area contributed by atoms with Gasteiger partial charge in [-0.1, -0.05) is 11.6 Å². The maximum atomic E-state index is 11.0. The van der Waals surface area contributed by atoms with Crippen molar-refractivity contribution < 1.29 is 19.4 Å². The van der Waals surface area contributed by atoms with Gasteiger partial charge in [0.15, 0.2) is 11.5 Å². The molecule has 5 nitrogen and oxygen atoms in total. The number of rotatable bonds is 6. The first-order valence-electron chi connectivity index (χ1n) is 6.58. The smallest absolute Gasteiger partial charge is 0.335 e. The van der Waals surface area contributed by atoms with Gasteiger partial charge in [-0.15, -0.1) is 0 Å². The molecule has 2 rings (SSSR count). The summed E-state index contributed by atoms with van der Waals surface area (Å²) in [5.74, 6) is -0.302. The topological polar surface area (TPSA) is 59.0 Å². The van der Waals surface area contributed by atoms with Crippen LogP contribution in [-0.4, -0.2) is 49.3 Å². The van der Waals surface area contributed by atoms with Crippen LogP contribution in [0.15, 0.2) is 12.1 Å². The van der Waals surface area contributed by atoms with Crippen molar-refractivity contribution in [1.82, 2.24) is 4.90 Å². The lowest BCUT2D eigenvalue weighted by Gasteiger charge is -2.17. The van der Waals surface area contributed by atoms with Gasteiger partial charge < -0.3 is 14.6 Å². The van der Waals surface area contributed by atoms with E-state index >= 15 is 0 Å². The van der Waals surface area contributed by atoms with E-state index < -0.39 is 5.97 Å². The van der Waals surface area contributed by atoms with Crippen molar-refractivity contribution in [1.29, 1.82) is 0 Å². The van der Waals surface area contributed by atoms with Gasteiger partial charge in [-0.2, -0.15) is 0 Å². The number of hydrogen-bond acceptors (Lipinski definition) is 4. The molecular weight excluding hydrogens is 282 g/mol. The van der Waals surface area contributed by atoms with Crippen molar-refractivity contribution in [3.8, 4) is 11.5 Å². The predicted molar refractivity (Wildman–Crippen MR) is 76.1 cm³/mol. The van der Waals surface area contributed by atoms with Crippen LogP contribution in [0, 0.1) is 0 Å². The molecular formula is C14H18ClNO4. The fraction of sp³-hybridized carbons (Fsp3) is 0.500. The summed E-state index contributed by atoms with van der Waals surface area (Å²) in [5.41, 5.74) is 0.0822. The number of methoxy groups -OCH3 is 1. The Morgan fingerprint density at radius 1 is 1.40 bits per heavy atom. The molecule has 1 saturated heterocycles. The fourth-order valence-corrected chi connectivity index (χ4v) is 2.53. The summed E-state index contributed by atoms with van der Waals surface area (Å²) in [6, 6.07) is 2.79. The van der Waals surface area contributed by atoms with Crippen LogP contribution in [0.2, 0.25) is 5.02 Å². The van der Waals surface area contributed by atoms with Crippen molar-refractivity contribution >= 4 is 17.6 Å². The van der Waals surface area contributed by atoms with E-state index in [0.717, 1.165) is 19.6 Å². The molecule has 0 aliphatic carbocycles. The summed E-state index contributed by atoms with van der Waals surface area (Å²) in [5, 5.41) is 9.23. The first kappa shape index (κ1) is 14.9. The van der Waals surface area contributed by atoms with E-state index in [9.17, 15) is 4.79 Å². The van der Waals surface area contributed by atoms with Crippen LogP contribution in [0.3, 0.4) is 0 Å². The molecule has 110 valence electrons. The zero-order chi connectivity index (χ0) is 14.5. The number of carbonyl (C=O) groups is 1. The zero-order valence-electron chi connectivity index (χ0n) is 11.4. The Balaban J connectivity index is 2.04. The number of nitrogens with zero attached hydrogens (tertiary/aromatic N) is 1. The maximum Gasteiger partial charge on any atom is 0.335 e. The van der Waals surface area contributed by atoms with Crippen LogP contribution >= 0.6 is 11.6 Å². The molecule has 6 heteroatoms. The average Bonchev–Trinajstić information content (AvgIpc) is 2.93. The predicted octanol–water partition coefficient (Wildman–Crippen LogP) is 2.52. The Morgan fingerprint density at radius 2 is 2.10 bits per heavy atom. The van der Waals surface area contributed by atoms with Crippen LogP contribution in [-0.2, 0) is 0 Å². The number of likely N-dealkylation sites (tertiary alicyclic amines) is 1. The van der Waals surface area contributed by atoms with Crippen molar-refractivity contribution in [3.05, 3.63) is 22.7 Å². The van der Waals surface area contributed by atoms with Crippen molar-refractivity contribution in [2.45, 2.75) is 12.8 Å². The van der Waals surface area contributed by atoms with Crippen molar-refractivity contribution in [2.24, 2.45) is 0 Å². The number of halogens is 1. The number of carboxylic acid groups (broad SMARTS) is 1. The van der Waals surface area contributed by atoms with Gasteiger partial charge in [-0.05, 0) is 38.1 Å². The highest BCUT2D eigenvalue weighted by Crippen LogP contribution is 2.36. The third kappa shape index (κ3) is 3.55. The first-order valence-corrected chi connectivity index (χ1v) is 6.95. The molecule has 0 unspecified atom stereocenters. The Hall–Kier alpha value is -1.46. The Kier molecular flexibility index (Phi) is 5.09. The lowest BCUT2D eigenvalue weighted by Crippen LogP contribution is -2.25. The number of ether oxygens (including phenoxy) is 2. The van der Waals surface area contributed by atoms with Crippen LogP contribution in [0.25, 0.3) is 0 Å². The molecule has 0 spiro atoms. The first-order chi connectivity index (χ1) is 9.61. The van der Waals surface area contributed by atoms with E-state index in [-0.39, 0.29) is 10.6 Å². The van der Waals surface area contributed by atoms with Gasteiger partial charge in [0.2, 0.25) is 0 Å². The largest absolute Gasteiger partial charge is 0.493 e. The lowest BCUT2D eigenvalue weighted by molar-refractivity contribution is 0.0696. The van der Waals surface area contributed by atoms with E-state index in [2.05, 4.69) is 4.90 Å². The maximum absolute atomic E-state index is 11.0. The van der Waals surface area contributed by atoms with Crippen molar-refractivity contribution in [2.75, 3.05) is 33.4 Å². The quantitative estimate of drug-likeness (QED) is 0.874. The summed E-state index contributed by atoms with van der Waals surface area (Å²) in [6.07, 6.45) is 2.47. The van der Waals surface area contributed by atoms with Gasteiger partial charge in [-0.3, -0.25) is 4.90 Å². The molecule has 0 amide bonds.